The molecule has 0 fully saturated rings. The number of amides is 1. The Morgan fingerprint density at radius 2 is 1.96 bits per heavy atom. The number of thiophene rings is 1. The first-order chi connectivity index (χ1) is 11.2. The van der Waals surface area contributed by atoms with E-state index < -0.39 is 0 Å². The number of halogens is 1. The maximum atomic E-state index is 14.0. The van der Waals surface area contributed by atoms with Crippen molar-refractivity contribution < 1.29 is 9.18 Å². The van der Waals surface area contributed by atoms with E-state index in [-0.39, 0.29) is 11.7 Å². The third kappa shape index (κ3) is 2.88. The van der Waals surface area contributed by atoms with Gasteiger partial charge >= 0.3 is 0 Å². The highest BCUT2D eigenvalue weighted by atomic mass is 32.1. The lowest BCUT2D eigenvalue weighted by molar-refractivity contribution is 0.0763. The van der Waals surface area contributed by atoms with E-state index >= 15 is 0 Å². The van der Waals surface area contributed by atoms with Gasteiger partial charge in [0.1, 0.15) is 16.3 Å². The van der Waals surface area contributed by atoms with Crippen LogP contribution in [0.1, 0.15) is 29.9 Å². The zero-order valence-corrected chi connectivity index (χ0v) is 14.1. The summed E-state index contributed by atoms with van der Waals surface area (Å²) in [5.41, 5.74) is 1.21. The van der Waals surface area contributed by atoms with Crippen molar-refractivity contribution in [3.05, 3.63) is 58.9 Å². The molecule has 0 radical (unpaired) electrons. The predicted molar refractivity (Wildman–Crippen MR) is 92.6 cm³/mol. The van der Waals surface area contributed by atoms with Gasteiger partial charge in [-0.15, -0.1) is 11.3 Å². The molecule has 0 aliphatic carbocycles. The average Bonchev–Trinajstić information content (AvgIpc) is 3.13. The fourth-order valence-corrected chi connectivity index (χ4v) is 3.68. The topological polar surface area (TPSA) is 25.2 Å². The quantitative estimate of drug-likeness (QED) is 0.682. The second-order valence-corrected chi connectivity index (χ2v) is 6.26. The Labute approximate surface area is 139 Å². The van der Waals surface area contributed by atoms with Crippen molar-refractivity contribution in [2.24, 2.45) is 0 Å². The SMILES string of the molecule is CCN(CC)C(=O)c1cc2ccsc2n1Cc1ccccc1F. The van der Waals surface area contributed by atoms with Gasteiger partial charge in [0.05, 0.1) is 6.54 Å². The lowest BCUT2D eigenvalue weighted by Crippen LogP contribution is -2.32. The summed E-state index contributed by atoms with van der Waals surface area (Å²) in [7, 11) is 0. The molecule has 0 bridgehead atoms. The van der Waals surface area contributed by atoms with Crippen LogP contribution in [0.5, 0.6) is 0 Å². The molecule has 120 valence electrons. The number of hydrogen-bond acceptors (Lipinski definition) is 2. The monoisotopic (exact) mass is 330 g/mol. The van der Waals surface area contributed by atoms with Gasteiger partial charge in [-0.05, 0) is 37.4 Å². The van der Waals surface area contributed by atoms with Crippen molar-refractivity contribution in [3.8, 4) is 0 Å². The third-order valence-electron chi connectivity index (χ3n) is 4.06. The first kappa shape index (κ1) is 15.7. The zero-order chi connectivity index (χ0) is 16.4. The van der Waals surface area contributed by atoms with Crippen LogP contribution in [-0.2, 0) is 6.54 Å². The van der Waals surface area contributed by atoms with E-state index in [0.717, 1.165) is 10.2 Å². The van der Waals surface area contributed by atoms with Crippen LogP contribution < -0.4 is 0 Å². The number of fused-ring (bicyclic) bond motifs is 1. The molecule has 0 spiro atoms. The van der Waals surface area contributed by atoms with E-state index in [0.29, 0.717) is 30.9 Å². The number of nitrogens with zero attached hydrogens (tertiary/aromatic N) is 2. The minimum absolute atomic E-state index is 0.00487. The van der Waals surface area contributed by atoms with Crippen LogP contribution >= 0.6 is 11.3 Å². The van der Waals surface area contributed by atoms with Gasteiger partial charge in [-0.25, -0.2) is 4.39 Å². The van der Waals surface area contributed by atoms with Crippen LogP contribution in [0.25, 0.3) is 10.2 Å². The molecule has 1 aromatic carbocycles. The minimum Gasteiger partial charge on any atom is -0.338 e. The molecule has 0 saturated carbocycles. The van der Waals surface area contributed by atoms with E-state index in [2.05, 4.69) is 0 Å². The van der Waals surface area contributed by atoms with E-state index in [1.165, 1.54) is 6.07 Å². The van der Waals surface area contributed by atoms with Crippen LogP contribution in [0.3, 0.4) is 0 Å². The van der Waals surface area contributed by atoms with Gasteiger partial charge < -0.3 is 9.47 Å². The molecule has 0 atom stereocenters. The van der Waals surface area contributed by atoms with Gasteiger partial charge in [0.25, 0.3) is 5.91 Å². The summed E-state index contributed by atoms with van der Waals surface area (Å²) in [4.78, 5) is 15.6. The Morgan fingerprint density at radius 3 is 2.65 bits per heavy atom. The summed E-state index contributed by atoms with van der Waals surface area (Å²) in [6, 6.07) is 10.6. The molecule has 3 nitrogen and oxygen atoms in total. The van der Waals surface area contributed by atoms with Crippen molar-refractivity contribution in [3.63, 3.8) is 0 Å². The third-order valence-corrected chi connectivity index (χ3v) is 5.01. The Kier molecular flexibility index (Phi) is 4.48. The first-order valence-electron chi connectivity index (χ1n) is 7.75. The van der Waals surface area contributed by atoms with Crippen LogP contribution in [0.2, 0.25) is 0 Å². The fraction of sp³-hybridized carbons (Fsp3) is 0.278. The Morgan fingerprint density at radius 1 is 1.22 bits per heavy atom. The Balaban J connectivity index is 2.07. The molecule has 2 aromatic heterocycles. The number of rotatable bonds is 5. The van der Waals surface area contributed by atoms with Crippen molar-refractivity contribution in [2.45, 2.75) is 20.4 Å². The molecular formula is C18H19FN2OS. The van der Waals surface area contributed by atoms with Gasteiger partial charge in [-0.3, -0.25) is 4.79 Å². The van der Waals surface area contributed by atoms with Gasteiger partial charge in [0, 0.05) is 24.0 Å². The van der Waals surface area contributed by atoms with E-state index in [1.54, 1.807) is 28.4 Å². The highest BCUT2D eigenvalue weighted by Crippen LogP contribution is 2.27. The highest BCUT2D eigenvalue weighted by molar-refractivity contribution is 7.16. The lowest BCUT2D eigenvalue weighted by atomic mass is 10.2. The number of benzene rings is 1. The molecule has 2 heterocycles. The molecule has 23 heavy (non-hydrogen) atoms. The van der Waals surface area contributed by atoms with Gasteiger partial charge in [0.2, 0.25) is 0 Å². The normalized spacial score (nSPS) is 11.1. The smallest absolute Gasteiger partial charge is 0.270 e. The van der Waals surface area contributed by atoms with Crippen molar-refractivity contribution in [2.75, 3.05) is 13.1 Å². The number of carbonyl (C=O) groups is 1. The lowest BCUT2D eigenvalue weighted by Gasteiger charge is -2.20. The molecule has 3 rings (SSSR count). The summed E-state index contributed by atoms with van der Waals surface area (Å²) < 4.78 is 16.0. The molecule has 5 heteroatoms. The Hall–Kier alpha value is -2.14. The summed E-state index contributed by atoms with van der Waals surface area (Å²) in [6.45, 7) is 5.61. The molecule has 1 amide bonds. The first-order valence-corrected chi connectivity index (χ1v) is 8.63. The molecule has 0 N–H and O–H groups in total. The molecule has 0 saturated heterocycles. The van der Waals surface area contributed by atoms with Crippen LogP contribution in [0.15, 0.2) is 41.8 Å². The van der Waals surface area contributed by atoms with Crippen molar-refractivity contribution in [1.29, 1.82) is 0 Å². The second kappa shape index (κ2) is 6.54. The summed E-state index contributed by atoms with van der Waals surface area (Å²) >= 11 is 1.57. The molecule has 0 unspecified atom stereocenters. The number of carbonyl (C=O) groups excluding carboxylic acids is 1. The average molecular weight is 330 g/mol. The molecule has 0 aliphatic rings. The molecule has 0 aliphatic heterocycles. The standard InChI is InChI=1S/C18H19FN2OS/c1-3-20(4-2)17(22)16-11-13-9-10-23-18(13)21(16)12-14-7-5-6-8-15(14)19/h5-11H,3-4,12H2,1-2H3. The van der Waals surface area contributed by atoms with Crippen molar-refractivity contribution >= 4 is 27.5 Å². The number of hydrogen-bond donors (Lipinski definition) is 0. The van der Waals surface area contributed by atoms with Crippen LogP contribution in [-0.4, -0.2) is 28.5 Å². The zero-order valence-electron chi connectivity index (χ0n) is 13.3. The van der Waals surface area contributed by atoms with E-state index in [9.17, 15) is 9.18 Å². The predicted octanol–water partition coefficient (Wildman–Crippen LogP) is 4.37. The largest absolute Gasteiger partial charge is 0.338 e. The van der Waals surface area contributed by atoms with Gasteiger partial charge in [0.15, 0.2) is 0 Å². The van der Waals surface area contributed by atoms with Crippen LogP contribution in [0.4, 0.5) is 4.39 Å². The van der Waals surface area contributed by atoms with E-state index in [1.807, 2.05) is 42.0 Å². The van der Waals surface area contributed by atoms with Crippen molar-refractivity contribution in [1.82, 2.24) is 9.47 Å². The summed E-state index contributed by atoms with van der Waals surface area (Å²) in [6.07, 6.45) is 0. The fourth-order valence-electron chi connectivity index (χ4n) is 2.78. The summed E-state index contributed by atoms with van der Waals surface area (Å²) in [5.74, 6) is -0.248. The van der Waals surface area contributed by atoms with Gasteiger partial charge in [-0.1, -0.05) is 18.2 Å². The highest BCUT2D eigenvalue weighted by Gasteiger charge is 2.20. The van der Waals surface area contributed by atoms with Gasteiger partial charge in [-0.2, -0.15) is 0 Å². The van der Waals surface area contributed by atoms with E-state index in [4.69, 9.17) is 0 Å². The molecule has 3 aromatic rings. The maximum absolute atomic E-state index is 14.0. The summed E-state index contributed by atoms with van der Waals surface area (Å²) in [5, 5.41) is 3.02. The maximum Gasteiger partial charge on any atom is 0.270 e. The van der Waals surface area contributed by atoms with Crippen LogP contribution in [0, 0.1) is 5.82 Å². The minimum atomic E-state index is -0.243. The Bertz CT molecular complexity index is 833. The molecular weight excluding hydrogens is 311 g/mol. The second-order valence-electron chi connectivity index (χ2n) is 5.37. The number of aromatic nitrogens is 1.